The van der Waals surface area contributed by atoms with Gasteiger partial charge in [-0.1, -0.05) is 34.8 Å². The van der Waals surface area contributed by atoms with Gasteiger partial charge in [0.15, 0.2) is 0 Å². The van der Waals surface area contributed by atoms with Crippen molar-refractivity contribution in [3.8, 4) is 0 Å². The SMILES string of the molecule is Cc1nn(CCCNC(=O)C(C)n2cc(Cl)cn2)c(Cl)c1Cl. The van der Waals surface area contributed by atoms with Crippen molar-refractivity contribution in [1.82, 2.24) is 24.9 Å². The molecule has 0 aliphatic rings. The molecule has 0 saturated heterocycles. The molecular weight excluding hydrogens is 349 g/mol. The van der Waals surface area contributed by atoms with Crippen LogP contribution in [0.15, 0.2) is 12.4 Å². The van der Waals surface area contributed by atoms with Crippen LogP contribution in [0.2, 0.25) is 15.2 Å². The van der Waals surface area contributed by atoms with Crippen LogP contribution in [0.3, 0.4) is 0 Å². The Labute approximate surface area is 143 Å². The van der Waals surface area contributed by atoms with Crippen molar-refractivity contribution < 1.29 is 4.79 Å². The molecule has 0 aromatic carbocycles. The Balaban J connectivity index is 1.78. The predicted molar refractivity (Wildman–Crippen MR) is 86.6 cm³/mol. The highest BCUT2D eigenvalue weighted by Gasteiger charge is 2.15. The number of nitrogens with zero attached hydrogens (tertiary/aromatic N) is 4. The molecule has 22 heavy (non-hydrogen) atoms. The highest BCUT2D eigenvalue weighted by Crippen LogP contribution is 2.24. The van der Waals surface area contributed by atoms with Crippen molar-refractivity contribution in [3.63, 3.8) is 0 Å². The van der Waals surface area contributed by atoms with Gasteiger partial charge in [-0.15, -0.1) is 0 Å². The summed E-state index contributed by atoms with van der Waals surface area (Å²) in [4.78, 5) is 12.0. The second-order valence-electron chi connectivity index (χ2n) is 4.87. The van der Waals surface area contributed by atoms with Crippen LogP contribution in [0.4, 0.5) is 0 Å². The number of halogens is 3. The van der Waals surface area contributed by atoms with Gasteiger partial charge in [0.05, 0.1) is 16.9 Å². The van der Waals surface area contributed by atoms with E-state index in [0.717, 1.165) is 0 Å². The molecule has 0 spiro atoms. The van der Waals surface area contributed by atoms with E-state index in [1.165, 1.54) is 10.9 Å². The Hall–Kier alpha value is -1.24. The van der Waals surface area contributed by atoms with Gasteiger partial charge in [-0.2, -0.15) is 10.2 Å². The quantitative estimate of drug-likeness (QED) is 0.801. The average Bonchev–Trinajstić information content (AvgIpc) is 3.02. The van der Waals surface area contributed by atoms with Gasteiger partial charge >= 0.3 is 0 Å². The van der Waals surface area contributed by atoms with E-state index in [2.05, 4.69) is 15.5 Å². The number of rotatable bonds is 6. The van der Waals surface area contributed by atoms with Gasteiger partial charge in [0.25, 0.3) is 0 Å². The maximum Gasteiger partial charge on any atom is 0.244 e. The van der Waals surface area contributed by atoms with E-state index in [-0.39, 0.29) is 5.91 Å². The van der Waals surface area contributed by atoms with Gasteiger partial charge < -0.3 is 5.32 Å². The number of carbonyl (C=O) groups is 1. The monoisotopic (exact) mass is 363 g/mol. The number of carbonyl (C=O) groups excluding carboxylic acids is 1. The highest BCUT2D eigenvalue weighted by atomic mass is 35.5. The lowest BCUT2D eigenvalue weighted by atomic mass is 10.3. The fourth-order valence-corrected chi connectivity index (χ4v) is 2.45. The van der Waals surface area contributed by atoms with E-state index in [4.69, 9.17) is 34.8 Å². The zero-order valence-corrected chi connectivity index (χ0v) is 14.5. The van der Waals surface area contributed by atoms with Crippen molar-refractivity contribution >= 4 is 40.7 Å². The first-order chi connectivity index (χ1) is 10.4. The van der Waals surface area contributed by atoms with Crippen LogP contribution in [0.1, 0.15) is 25.1 Å². The number of hydrogen-bond acceptors (Lipinski definition) is 3. The van der Waals surface area contributed by atoms with Gasteiger partial charge in [-0.25, -0.2) is 0 Å². The smallest absolute Gasteiger partial charge is 0.244 e. The topological polar surface area (TPSA) is 64.7 Å². The van der Waals surface area contributed by atoms with Crippen molar-refractivity contribution in [2.45, 2.75) is 32.9 Å². The van der Waals surface area contributed by atoms with Crippen LogP contribution in [0.25, 0.3) is 0 Å². The fourth-order valence-electron chi connectivity index (χ4n) is 1.91. The van der Waals surface area contributed by atoms with Crippen LogP contribution in [0.5, 0.6) is 0 Å². The van der Waals surface area contributed by atoms with E-state index < -0.39 is 6.04 Å². The molecule has 0 radical (unpaired) electrons. The molecule has 0 bridgehead atoms. The Bertz CT molecular complexity index is 667. The summed E-state index contributed by atoms with van der Waals surface area (Å²) in [5.74, 6) is -0.124. The molecule has 6 nitrogen and oxygen atoms in total. The Kier molecular flexibility index (Phi) is 5.72. The molecule has 0 fully saturated rings. The lowest BCUT2D eigenvalue weighted by Gasteiger charge is -2.12. The molecule has 0 saturated carbocycles. The van der Waals surface area contributed by atoms with Crippen molar-refractivity contribution in [1.29, 1.82) is 0 Å². The molecule has 2 aromatic heterocycles. The third kappa shape index (κ3) is 3.94. The second-order valence-corrected chi connectivity index (χ2v) is 6.04. The minimum Gasteiger partial charge on any atom is -0.354 e. The maximum absolute atomic E-state index is 12.0. The predicted octanol–water partition coefficient (Wildman–Crippen LogP) is 3.12. The largest absolute Gasteiger partial charge is 0.354 e. The Morgan fingerprint density at radius 1 is 1.41 bits per heavy atom. The molecule has 2 rings (SSSR count). The second kappa shape index (κ2) is 7.35. The molecule has 120 valence electrons. The Morgan fingerprint density at radius 3 is 2.68 bits per heavy atom. The fraction of sp³-hybridized carbons (Fsp3) is 0.462. The number of aromatic nitrogens is 4. The van der Waals surface area contributed by atoms with Crippen LogP contribution in [0, 0.1) is 6.92 Å². The lowest BCUT2D eigenvalue weighted by Crippen LogP contribution is -2.32. The number of hydrogen-bond donors (Lipinski definition) is 1. The molecular formula is C13H16Cl3N5O. The molecule has 2 heterocycles. The molecule has 9 heteroatoms. The first-order valence-corrected chi connectivity index (χ1v) is 7.89. The van der Waals surface area contributed by atoms with Gasteiger partial charge in [0.1, 0.15) is 16.2 Å². The number of amides is 1. The van der Waals surface area contributed by atoms with Crippen molar-refractivity contribution in [2.24, 2.45) is 0 Å². The van der Waals surface area contributed by atoms with Gasteiger partial charge in [0, 0.05) is 19.3 Å². The summed E-state index contributed by atoms with van der Waals surface area (Å²) in [5, 5.41) is 12.5. The maximum atomic E-state index is 12.0. The minimum atomic E-state index is -0.419. The van der Waals surface area contributed by atoms with Crippen LogP contribution in [-0.2, 0) is 11.3 Å². The molecule has 0 aliphatic carbocycles. The highest BCUT2D eigenvalue weighted by molar-refractivity contribution is 6.41. The Morgan fingerprint density at radius 2 is 2.14 bits per heavy atom. The molecule has 1 unspecified atom stereocenters. The lowest BCUT2D eigenvalue weighted by molar-refractivity contribution is -0.124. The summed E-state index contributed by atoms with van der Waals surface area (Å²) >= 11 is 17.8. The summed E-state index contributed by atoms with van der Waals surface area (Å²) in [7, 11) is 0. The van der Waals surface area contributed by atoms with Crippen LogP contribution in [-0.4, -0.2) is 32.0 Å². The zero-order chi connectivity index (χ0) is 16.3. The zero-order valence-electron chi connectivity index (χ0n) is 12.2. The number of aryl methyl sites for hydroxylation is 2. The molecule has 1 N–H and O–H groups in total. The summed E-state index contributed by atoms with van der Waals surface area (Å²) in [6.45, 7) is 4.63. The van der Waals surface area contributed by atoms with Gasteiger partial charge in [-0.05, 0) is 20.3 Å². The molecule has 0 aliphatic heterocycles. The third-order valence-corrected chi connectivity index (χ3v) is 4.32. The summed E-state index contributed by atoms with van der Waals surface area (Å²) in [6, 6.07) is -0.419. The molecule has 1 amide bonds. The summed E-state index contributed by atoms with van der Waals surface area (Å²) < 4.78 is 3.15. The first kappa shape index (κ1) is 17.1. The minimum absolute atomic E-state index is 0.124. The summed E-state index contributed by atoms with van der Waals surface area (Å²) in [6.07, 6.45) is 3.80. The normalized spacial score (nSPS) is 12.4. The van der Waals surface area contributed by atoms with Crippen molar-refractivity contribution in [3.05, 3.63) is 33.3 Å². The van der Waals surface area contributed by atoms with Crippen molar-refractivity contribution in [2.75, 3.05) is 6.54 Å². The van der Waals surface area contributed by atoms with Gasteiger partial charge in [0.2, 0.25) is 5.91 Å². The van der Waals surface area contributed by atoms with E-state index in [9.17, 15) is 4.79 Å². The van der Waals surface area contributed by atoms with Crippen LogP contribution >= 0.6 is 34.8 Å². The van der Waals surface area contributed by atoms with Crippen LogP contribution < -0.4 is 5.32 Å². The van der Waals surface area contributed by atoms with Gasteiger partial charge in [-0.3, -0.25) is 14.2 Å². The van der Waals surface area contributed by atoms with E-state index in [1.807, 2.05) is 0 Å². The molecule has 1 atom stereocenters. The van der Waals surface area contributed by atoms with E-state index in [1.54, 1.807) is 24.7 Å². The van der Waals surface area contributed by atoms with E-state index >= 15 is 0 Å². The number of nitrogens with one attached hydrogen (secondary N) is 1. The van der Waals surface area contributed by atoms with E-state index in [0.29, 0.717) is 40.4 Å². The average molecular weight is 365 g/mol. The summed E-state index contributed by atoms with van der Waals surface area (Å²) in [5.41, 5.74) is 0.694. The standard InChI is InChI=1S/C13H16Cl3N5O/c1-8-11(15)12(16)20(19-8)5-3-4-17-13(22)9(2)21-7-10(14)6-18-21/h6-7,9H,3-5H2,1-2H3,(H,17,22). The third-order valence-electron chi connectivity index (χ3n) is 3.19. The molecule has 2 aromatic rings. The first-order valence-electron chi connectivity index (χ1n) is 6.76.